The molecule has 0 bridgehead atoms. The Kier molecular flexibility index (Phi) is 8.02. The highest BCUT2D eigenvalue weighted by atomic mass is 16.6. The molecule has 0 aromatic rings. The van der Waals surface area contributed by atoms with Gasteiger partial charge < -0.3 is 34.9 Å². The average Bonchev–Trinajstić information content (AvgIpc) is 3.45. The number of carboxylic acids is 1. The van der Waals surface area contributed by atoms with Crippen LogP contribution >= 0.6 is 0 Å². The molecule has 160 valence electrons. The van der Waals surface area contributed by atoms with Gasteiger partial charge in [0, 0.05) is 25.7 Å². The standard InChI is InChI=1S/C10H17NO5.C8H14N2O2/c1-10(2,3)16-9(14)11-4-5-15-7(6-11)8(12)13;11-8(10-6-1-2-6)7-5-9-3-4-12-7/h7H,4-6H2,1-3H3,(H,12,13);6-7,9H,1-5H2,(H,10,11). The maximum absolute atomic E-state index is 11.6. The summed E-state index contributed by atoms with van der Waals surface area (Å²) in [6.07, 6.45) is 0.542. The van der Waals surface area contributed by atoms with Gasteiger partial charge in [-0.1, -0.05) is 0 Å². The summed E-state index contributed by atoms with van der Waals surface area (Å²) in [5.74, 6) is -1.02. The second-order valence-corrected chi connectivity index (χ2v) is 7.97. The predicted molar refractivity (Wildman–Crippen MR) is 99.0 cm³/mol. The minimum atomic E-state index is -1.06. The van der Waals surface area contributed by atoms with E-state index < -0.39 is 23.8 Å². The number of aliphatic carboxylic acids is 1. The lowest BCUT2D eigenvalue weighted by Gasteiger charge is -2.32. The number of hydrogen-bond acceptors (Lipinski definition) is 7. The molecule has 1 saturated carbocycles. The first kappa shape index (κ1) is 22.4. The van der Waals surface area contributed by atoms with E-state index >= 15 is 0 Å². The van der Waals surface area contributed by atoms with Gasteiger partial charge >= 0.3 is 12.1 Å². The van der Waals surface area contributed by atoms with Crippen molar-refractivity contribution in [3.8, 4) is 0 Å². The van der Waals surface area contributed by atoms with Crippen LogP contribution in [0.2, 0.25) is 0 Å². The lowest BCUT2D eigenvalue weighted by atomic mass is 10.2. The molecule has 10 nitrogen and oxygen atoms in total. The Morgan fingerprint density at radius 2 is 1.82 bits per heavy atom. The Labute approximate surface area is 164 Å². The molecule has 3 fully saturated rings. The van der Waals surface area contributed by atoms with Crippen LogP contribution in [0, 0.1) is 0 Å². The smallest absolute Gasteiger partial charge is 0.410 e. The van der Waals surface area contributed by atoms with Crippen molar-refractivity contribution in [3.05, 3.63) is 0 Å². The van der Waals surface area contributed by atoms with Gasteiger partial charge in [0.15, 0.2) is 6.10 Å². The summed E-state index contributed by atoms with van der Waals surface area (Å²) in [6.45, 7) is 8.05. The molecule has 2 heterocycles. The lowest BCUT2D eigenvalue weighted by molar-refractivity contribution is -0.155. The van der Waals surface area contributed by atoms with Crippen LogP contribution in [0.15, 0.2) is 0 Å². The van der Waals surface area contributed by atoms with E-state index in [1.807, 2.05) is 0 Å². The summed E-state index contributed by atoms with van der Waals surface area (Å²) in [5, 5.41) is 14.8. The topological polar surface area (TPSA) is 126 Å². The van der Waals surface area contributed by atoms with Crippen LogP contribution in [-0.4, -0.2) is 91.2 Å². The summed E-state index contributed by atoms with van der Waals surface area (Å²) >= 11 is 0. The number of carbonyl (C=O) groups is 3. The van der Waals surface area contributed by atoms with Crippen molar-refractivity contribution < 1.29 is 33.7 Å². The van der Waals surface area contributed by atoms with Gasteiger partial charge in [0.1, 0.15) is 11.7 Å². The number of carbonyl (C=O) groups excluding carboxylic acids is 2. The average molecular weight is 401 g/mol. The molecule has 0 aromatic heterocycles. The number of carboxylic acid groups (broad SMARTS) is 1. The number of amides is 2. The van der Waals surface area contributed by atoms with Crippen molar-refractivity contribution in [3.63, 3.8) is 0 Å². The summed E-state index contributed by atoms with van der Waals surface area (Å²) in [5.41, 5.74) is -0.575. The van der Waals surface area contributed by atoms with Gasteiger partial charge in [0.25, 0.3) is 5.91 Å². The second-order valence-electron chi connectivity index (χ2n) is 7.97. The van der Waals surface area contributed by atoms with Crippen LogP contribution in [0.5, 0.6) is 0 Å². The van der Waals surface area contributed by atoms with Crippen molar-refractivity contribution in [2.75, 3.05) is 39.4 Å². The largest absolute Gasteiger partial charge is 0.479 e. The third-order valence-electron chi connectivity index (χ3n) is 4.14. The number of nitrogens with zero attached hydrogens (tertiary/aromatic N) is 1. The Morgan fingerprint density at radius 1 is 1.14 bits per heavy atom. The van der Waals surface area contributed by atoms with E-state index in [9.17, 15) is 14.4 Å². The molecular formula is C18H31N3O7. The molecule has 2 saturated heterocycles. The van der Waals surface area contributed by atoms with Gasteiger partial charge in [-0.3, -0.25) is 4.79 Å². The zero-order valence-electron chi connectivity index (χ0n) is 16.7. The van der Waals surface area contributed by atoms with Crippen LogP contribution in [-0.2, 0) is 23.8 Å². The fraction of sp³-hybridized carbons (Fsp3) is 0.833. The molecule has 10 heteroatoms. The normalized spacial score (nSPS) is 25.2. The fourth-order valence-corrected chi connectivity index (χ4v) is 2.55. The van der Waals surface area contributed by atoms with Gasteiger partial charge in [-0.05, 0) is 33.6 Å². The van der Waals surface area contributed by atoms with Gasteiger partial charge in [0.2, 0.25) is 0 Å². The lowest BCUT2D eigenvalue weighted by Crippen LogP contribution is -2.49. The van der Waals surface area contributed by atoms with E-state index in [4.69, 9.17) is 19.3 Å². The zero-order valence-corrected chi connectivity index (χ0v) is 16.7. The molecule has 3 aliphatic rings. The molecule has 0 radical (unpaired) electrons. The molecule has 2 atom stereocenters. The Bertz CT molecular complexity index is 554. The molecule has 28 heavy (non-hydrogen) atoms. The molecule has 0 aromatic carbocycles. The van der Waals surface area contributed by atoms with Crippen molar-refractivity contribution in [1.29, 1.82) is 0 Å². The van der Waals surface area contributed by atoms with E-state index in [2.05, 4.69) is 10.6 Å². The van der Waals surface area contributed by atoms with Crippen molar-refractivity contribution in [2.45, 2.75) is 57.5 Å². The molecule has 2 aliphatic heterocycles. The molecule has 2 amide bonds. The maximum atomic E-state index is 11.6. The first-order chi connectivity index (χ1) is 13.2. The van der Waals surface area contributed by atoms with Crippen LogP contribution in [0.4, 0.5) is 4.79 Å². The predicted octanol–water partition coefficient (Wildman–Crippen LogP) is -0.0397. The van der Waals surface area contributed by atoms with E-state index in [1.54, 1.807) is 20.8 Å². The Morgan fingerprint density at radius 3 is 2.36 bits per heavy atom. The van der Waals surface area contributed by atoms with Crippen LogP contribution in [0.25, 0.3) is 0 Å². The van der Waals surface area contributed by atoms with Crippen molar-refractivity contribution in [1.82, 2.24) is 15.5 Å². The highest BCUT2D eigenvalue weighted by molar-refractivity contribution is 5.81. The highest BCUT2D eigenvalue weighted by Gasteiger charge is 2.31. The monoisotopic (exact) mass is 401 g/mol. The number of hydrogen-bond donors (Lipinski definition) is 3. The Balaban J connectivity index is 0.000000207. The molecule has 1 aliphatic carbocycles. The second kappa shape index (κ2) is 10.0. The van der Waals surface area contributed by atoms with Crippen LogP contribution < -0.4 is 10.6 Å². The number of ether oxygens (including phenoxy) is 3. The number of nitrogens with one attached hydrogen (secondary N) is 2. The van der Waals surface area contributed by atoms with Gasteiger partial charge in [0.05, 0.1) is 19.8 Å². The maximum Gasteiger partial charge on any atom is 0.410 e. The first-order valence-corrected chi connectivity index (χ1v) is 9.61. The Hall–Kier alpha value is -1.91. The summed E-state index contributed by atoms with van der Waals surface area (Å²) in [7, 11) is 0. The van der Waals surface area contributed by atoms with Crippen LogP contribution in [0.3, 0.4) is 0 Å². The number of rotatable bonds is 3. The number of morpholine rings is 2. The highest BCUT2D eigenvalue weighted by Crippen LogP contribution is 2.19. The minimum Gasteiger partial charge on any atom is -0.479 e. The SMILES string of the molecule is CC(C)(C)OC(=O)N1CCOC(C(=O)O)C1.O=C(NC1CC1)C1CNCCO1. The van der Waals surface area contributed by atoms with Crippen molar-refractivity contribution >= 4 is 18.0 Å². The molecule has 2 unspecified atom stereocenters. The van der Waals surface area contributed by atoms with Crippen molar-refractivity contribution in [2.24, 2.45) is 0 Å². The quantitative estimate of drug-likeness (QED) is 0.601. The van der Waals surface area contributed by atoms with Gasteiger partial charge in [-0.25, -0.2) is 9.59 Å². The van der Waals surface area contributed by atoms with E-state index in [0.717, 1.165) is 19.4 Å². The van der Waals surface area contributed by atoms with E-state index in [1.165, 1.54) is 4.90 Å². The van der Waals surface area contributed by atoms with Gasteiger partial charge in [-0.15, -0.1) is 0 Å². The molecule has 0 spiro atoms. The zero-order chi connectivity index (χ0) is 20.7. The minimum absolute atomic E-state index is 0.0320. The summed E-state index contributed by atoms with van der Waals surface area (Å²) in [6, 6.07) is 0.433. The summed E-state index contributed by atoms with van der Waals surface area (Å²) < 4.78 is 15.4. The molecular weight excluding hydrogens is 370 g/mol. The third-order valence-corrected chi connectivity index (χ3v) is 4.14. The molecule has 3 rings (SSSR count). The first-order valence-electron chi connectivity index (χ1n) is 9.61. The van der Waals surface area contributed by atoms with E-state index in [0.29, 0.717) is 25.7 Å². The van der Waals surface area contributed by atoms with Gasteiger partial charge in [-0.2, -0.15) is 0 Å². The van der Waals surface area contributed by atoms with E-state index in [-0.39, 0.29) is 25.2 Å². The molecule has 3 N–H and O–H groups in total. The third kappa shape index (κ3) is 7.99. The fourth-order valence-electron chi connectivity index (χ4n) is 2.55. The van der Waals surface area contributed by atoms with Crippen LogP contribution in [0.1, 0.15) is 33.6 Å². The summed E-state index contributed by atoms with van der Waals surface area (Å²) in [4.78, 5) is 35.1.